The van der Waals surface area contributed by atoms with Crippen LogP contribution in [0.1, 0.15) is 20.3 Å². The van der Waals surface area contributed by atoms with Crippen molar-refractivity contribution in [2.45, 2.75) is 32.4 Å². The van der Waals surface area contributed by atoms with E-state index in [1.807, 2.05) is 18.7 Å². The highest BCUT2D eigenvalue weighted by atomic mass is 32.2. The Bertz CT molecular complexity index is 258. The molecule has 0 aromatic carbocycles. The first kappa shape index (κ1) is 12.5. The first-order valence-electron chi connectivity index (χ1n) is 5.20. The minimum absolute atomic E-state index is 0.0900. The normalized spacial score (nSPS) is 23.7. The summed E-state index contributed by atoms with van der Waals surface area (Å²) in [5.74, 6) is 1.85. The zero-order valence-corrected chi connectivity index (χ0v) is 10.3. The molecule has 1 rings (SSSR count). The minimum atomic E-state index is -0.310. The second-order valence-electron chi connectivity index (χ2n) is 3.77. The van der Waals surface area contributed by atoms with Crippen LogP contribution in [0.3, 0.4) is 0 Å². The molecular formula is C10H18N2O2S. The highest BCUT2D eigenvalue weighted by Gasteiger charge is 2.36. The van der Waals surface area contributed by atoms with E-state index in [-0.39, 0.29) is 23.9 Å². The van der Waals surface area contributed by atoms with Gasteiger partial charge in [0.2, 0.25) is 11.8 Å². The van der Waals surface area contributed by atoms with Crippen molar-refractivity contribution in [1.82, 2.24) is 10.2 Å². The number of hydrogen-bond donors (Lipinski definition) is 1. The van der Waals surface area contributed by atoms with Gasteiger partial charge in [-0.1, -0.05) is 6.92 Å². The number of likely N-dealkylation sites (tertiary alicyclic amines) is 1. The van der Waals surface area contributed by atoms with E-state index < -0.39 is 0 Å². The van der Waals surface area contributed by atoms with Gasteiger partial charge < -0.3 is 5.32 Å². The molecule has 0 radical (unpaired) electrons. The predicted molar refractivity (Wildman–Crippen MR) is 61.8 cm³/mol. The Kier molecular flexibility index (Phi) is 4.60. The summed E-state index contributed by atoms with van der Waals surface area (Å²) in [7, 11) is 1.54. The summed E-state index contributed by atoms with van der Waals surface area (Å²) in [6.45, 7) is 4.15. The van der Waals surface area contributed by atoms with E-state index in [0.717, 1.165) is 11.5 Å². The molecule has 86 valence electrons. The Morgan fingerprint density at radius 3 is 2.73 bits per heavy atom. The second-order valence-corrected chi connectivity index (χ2v) is 5.09. The van der Waals surface area contributed by atoms with Crippen LogP contribution in [0.5, 0.6) is 0 Å². The molecule has 1 aliphatic heterocycles. The van der Waals surface area contributed by atoms with Crippen molar-refractivity contribution < 1.29 is 9.59 Å². The molecule has 1 aliphatic rings. The van der Waals surface area contributed by atoms with E-state index >= 15 is 0 Å². The van der Waals surface area contributed by atoms with Crippen molar-refractivity contribution in [3.05, 3.63) is 0 Å². The molecule has 1 fully saturated rings. The minimum Gasteiger partial charge on any atom is -0.302 e. The Hall–Kier alpha value is -0.550. The zero-order valence-electron chi connectivity index (χ0n) is 9.45. The maximum absolute atomic E-state index is 11.6. The average Bonchev–Trinajstić information content (AvgIpc) is 2.43. The maximum Gasteiger partial charge on any atom is 0.246 e. The molecule has 1 N–H and O–H groups in total. The predicted octanol–water partition coefficient (Wildman–Crippen LogP) is 0.475. The molecule has 2 unspecified atom stereocenters. The molecule has 0 saturated carbocycles. The van der Waals surface area contributed by atoms with Gasteiger partial charge in [-0.3, -0.25) is 14.5 Å². The number of nitrogens with one attached hydrogen (secondary N) is 1. The Morgan fingerprint density at radius 2 is 2.27 bits per heavy atom. The van der Waals surface area contributed by atoms with Gasteiger partial charge in [0.05, 0.1) is 12.5 Å². The molecule has 4 nitrogen and oxygen atoms in total. The van der Waals surface area contributed by atoms with Crippen LogP contribution >= 0.6 is 11.8 Å². The SMILES string of the molecule is CCSCC(C)NC1CC(=O)N(C)C1=O. The largest absolute Gasteiger partial charge is 0.302 e. The molecule has 0 aliphatic carbocycles. The smallest absolute Gasteiger partial charge is 0.246 e. The molecule has 15 heavy (non-hydrogen) atoms. The quantitative estimate of drug-likeness (QED) is 0.698. The van der Waals surface area contributed by atoms with Crippen LogP contribution in [-0.4, -0.2) is 47.4 Å². The fourth-order valence-electron chi connectivity index (χ4n) is 1.57. The first-order chi connectivity index (χ1) is 7.06. The van der Waals surface area contributed by atoms with Crippen LogP contribution in [-0.2, 0) is 9.59 Å². The van der Waals surface area contributed by atoms with Gasteiger partial charge in [0.15, 0.2) is 0 Å². The number of imide groups is 1. The van der Waals surface area contributed by atoms with Crippen LogP contribution in [0, 0.1) is 0 Å². The lowest BCUT2D eigenvalue weighted by atomic mass is 10.2. The summed E-state index contributed by atoms with van der Waals surface area (Å²) in [5, 5.41) is 3.19. The molecule has 0 aromatic rings. The maximum atomic E-state index is 11.6. The van der Waals surface area contributed by atoms with Gasteiger partial charge in [-0.2, -0.15) is 11.8 Å². The van der Waals surface area contributed by atoms with Gasteiger partial charge in [0.25, 0.3) is 0 Å². The molecule has 0 spiro atoms. The van der Waals surface area contributed by atoms with Crippen LogP contribution in [0.25, 0.3) is 0 Å². The van der Waals surface area contributed by atoms with Crippen LogP contribution in [0.15, 0.2) is 0 Å². The number of hydrogen-bond acceptors (Lipinski definition) is 4. The van der Waals surface area contributed by atoms with Crippen molar-refractivity contribution in [3.63, 3.8) is 0 Å². The number of likely N-dealkylation sites (N-methyl/N-ethyl adjacent to an activating group) is 1. The standard InChI is InChI=1S/C10H18N2O2S/c1-4-15-6-7(2)11-8-5-9(13)12(3)10(8)14/h7-8,11H,4-6H2,1-3H3. The molecule has 0 bridgehead atoms. The molecule has 2 atom stereocenters. The fourth-order valence-corrected chi connectivity index (χ4v) is 2.26. The topological polar surface area (TPSA) is 49.4 Å². The molecule has 1 saturated heterocycles. The van der Waals surface area contributed by atoms with E-state index in [1.54, 1.807) is 0 Å². The highest BCUT2D eigenvalue weighted by molar-refractivity contribution is 7.99. The first-order valence-corrected chi connectivity index (χ1v) is 6.36. The van der Waals surface area contributed by atoms with Gasteiger partial charge in [0.1, 0.15) is 0 Å². The second kappa shape index (κ2) is 5.51. The number of thioether (sulfide) groups is 1. The summed E-state index contributed by atoms with van der Waals surface area (Å²) in [6.07, 6.45) is 0.302. The molecule has 2 amide bonds. The van der Waals surface area contributed by atoms with Gasteiger partial charge in [-0.15, -0.1) is 0 Å². The molecular weight excluding hydrogens is 212 g/mol. The summed E-state index contributed by atoms with van der Waals surface area (Å²) in [6, 6.07) is -0.0434. The molecule has 0 aromatic heterocycles. The Labute approximate surface area is 94.8 Å². The van der Waals surface area contributed by atoms with Crippen molar-refractivity contribution in [3.8, 4) is 0 Å². The monoisotopic (exact) mass is 230 g/mol. The number of carbonyl (C=O) groups excluding carboxylic acids is 2. The molecule has 5 heteroatoms. The van der Waals surface area contributed by atoms with Gasteiger partial charge in [-0.25, -0.2) is 0 Å². The van der Waals surface area contributed by atoms with Gasteiger partial charge >= 0.3 is 0 Å². The van der Waals surface area contributed by atoms with E-state index in [2.05, 4.69) is 12.2 Å². The third-order valence-electron chi connectivity index (χ3n) is 2.44. The van der Waals surface area contributed by atoms with Crippen LogP contribution in [0.4, 0.5) is 0 Å². The van der Waals surface area contributed by atoms with Crippen molar-refractivity contribution in [2.75, 3.05) is 18.6 Å². The third kappa shape index (κ3) is 3.21. The molecule has 1 heterocycles. The van der Waals surface area contributed by atoms with Crippen LogP contribution in [0.2, 0.25) is 0 Å². The van der Waals surface area contributed by atoms with Crippen LogP contribution < -0.4 is 5.32 Å². The summed E-state index contributed by atoms with van der Waals surface area (Å²) in [5.41, 5.74) is 0. The van der Waals surface area contributed by atoms with Gasteiger partial charge in [0, 0.05) is 18.8 Å². The van der Waals surface area contributed by atoms with Crippen molar-refractivity contribution >= 4 is 23.6 Å². The number of amides is 2. The van der Waals surface area contributed by atoms with Gasteiger partial charge in [-0.05, 0) is 12.7 Å². The summed E-state index contributed by atoms with van der Waals surface area (Å²) >= 11 is 1.83. The average molecular weight is 230 g/mol. The lowest BCUT2D eigenvalue weighted by Gasteiger charge is -2.17. The van der Waals surface area contributed by atoms with E-state index in [4.69, 9.17) is 0 Å². The van der Waals surface area contributed by atoms with Crippen molar-refractivity contribution in [2.24, 2.45) is 0 Å². The number of nitrogens with zero attached hydrogens (tertiary/aromatic N) is 1. The highest BCUT2D eigenvalue weighted by Crippen LogP contribution is 2.12. The zero-order chi connectivity index (χ0) is 11.4. The van der Waals surface area contributed by atoms with E-state index in [0.29, 0.717) is 6.42 Å². The van der Waals surface area contributed by atoms with Crippen molar-refractivity contribution in [1.29, 1.82) is 0 Å². The van der Waals surface area contributed by atoms with E-state index in [9.17, 15) is 9.59 Å². The summed E-state index contributed by atoms with van der Waals surface area (Å²) < 4.78 is 0. The number of carbonyl (C=O) groups is 2. The lowest BCUT2D eigenvalue weighted by molar-refractivity contribution is -0.137. The fraction of sp³-hybridized carbons (Fsp3) is 0.800. The lowest BCUT2D eigenvalue weighted by Crippen LogP contribution is -2.42. The third-order valence-corrected chi connectivity index (χ3v) is 3.58. The Balaban J connectivity index is 2.39. The Morgan fingerprint density at radius 1 is 1.60 bits per heavy atom. The van der Waals surface area contributed by atoms with E-state index in [1.165, 1.54) is 11.9 Å². The number of rotatable bonds is 5. The summed E-state index contributed by atoms with van der Waals surface area (Å²) in [4.78, 5) is 24.0.